The zero-order valence-electron chi connectivity index (χ0n) is 15.3. The van der Waals surface area contributed by atoms with Crippen molar-refractivity contribution in [1.29, 1.82) is 0 Å². The van der Waals surface area contributed by atoms with Crippen LogP contribution in [0.25, 0.3) is 0 Å². The van der Waals surface area contributed by atoms with Gasteiger partial charge in [-0.1, -0.05) is 70.3 Å². The minimum Gasteiger partial charge on any atom is -0.425 e. The minimum absolute atomic E-state index is 0.141. The molecule has 0 aromatic rings. The molecule has 0 bridgehead atoms. The number of carbonyl (C=O) groups is 1. The van der Waals surface area contributed by atoms with Gasteiger partial charge in [-0.3, -0.25) is 0 Å². The molecule has 1 saturated heterocycles. The number of esters is 1. The Hall–Kier alpha value is -1.35. The molecule has 0 unspecified atom stereocenters. The Balaban J connectivity index is 1.94. The van der Waals surface area contributed by atoms with Crippen molar-refractivity contribution in [2.45, 2.75) is 90.1 Å². The number of carbonyl (C=O) groups excluding carboxylic acids is 1. The molecule has 136 valence electrons. The second-order valence-electron chi connectivity index (χ2n) is 6.58. The third-order valence-corrected chi connectivity index (χ3v) is 4.39. The van der Waals surface area contributed by atoms with E-state index in [2.05, 4.69) is 25.7 Å². The highest BCUT2D eigenvalue weighted by Crippen LogP contribution is 2.23. The Bertz CT molecular complexity index is 434. The van der Waals surface area contributed by atoms with Gasteiger partial charge in [-0.05, 0) is 38.5 Å². The van der Waals surface area contributed by atoms with E-state index in [-0.39, 0.29) is 5.76 Å². The van der Waals surface area contributed by atoms with Gasteiger partial charge in [0.1, 0.15) is 11.9 Å². The van der Waals surface area contributed by atoms with Crippen LogP contribution in [0.3, 0.4) is 0 Å². The monoisotopic (exact) mass is 334 g/mol. The summed E-state index contributed by atoms with van der Waals surface area (Å²) in [5.74, 6) is -0.313. The van der Waals surface area contributed by atoms with Crippen LogP contribution in [-0.4, -0.2) is 17.2 Å². The third-order valence-electron chi connectivity index (χ3n) is 4.39. The van der Waals surface area contributed by atoms with Crippen molar-refractivity contribution in [2.24, 2.45) is 0 Å². The van der Waals surface area contributed by atoms with Crippen LogP contribution in [0.15, 0.2) is 36.1 Å². The van der Waals surface area contributed by atoms with Crippen LogP contribution >= 0.6 is 0 Å². The van der Waals surface area contributed by atoms with Gasteiger partial charge < -0.3 is 9.84 Å². The number of ether oxygens (including phenoxy) is 1. The maximum Gasteiger partial charge on any atom is 0.341 e. The topological polar surface area (TPSA) is 46.5 Å². The first-order valence-electron chi connectivity index (χ1n) is 9.61. The molecule has 1 fully saturated rings. The molecule has 0 aromatic carbocycles. The van der Waals surface area contributed by atoms with Crippen LogP contribution in [-0.2, 0) is 9.53 Å². The van der Waals surface area contributed by atoms with Crippen molar-refractivity contribution in [3.8, 4) is 0 Å². The second-order valence-corrected chi connectivity index (χ2v) is 6.58. The molecule has 1 aliphatic rings. The summed E-state index contributed by atoms with van der Waals surface area (Å²) >= 11 is 0. The summed E-state index contributed by atoms with van der Waals surface area (Å²) in [6, 6.07) is 0. The minimum atomic E-state index is -0.942. The summed E-state index contributed by atoms with van der Waals surface area (Å²) in [7, 11) is 0. The summed E-state index contributed by atoms with van der Waals surface area (Å²) in [6.07, 6.45) is 20.1. The van der Waals surface area contributed by atoms with E-state index in [4.69, 9.17) is 4.74 Å². The highest BCUT2D eigenvalue weighted by Gasteiger charge is 2.32. The van der Waals surface area contributed by atoms with E-state index in [1.54, 1.807) is 6.08 Å². The largest absolute Gasteiger partial charge is 0.425 e. The summed E-state index contributed by atoms with van der Waals surface area (Å²) in [5, 5.41) is 9.71. The first-order valence-corrected chi connectivity index (χ1v) is 9.61. The highest BCUT2D eigenvalue weighted by atomic mass is 16.6. The zero-order chi connectivity index (χ0) is 17.6. The molecule has 1 aliphatic heterocycles. The second kappa shape index (κ2) is 13.0. The average Bonchev–Trinajstić information content (AvgIpc) is 2.81. The molecule has 0 aliphatic carbocycles. The van der Waals surface area contributed by atoms with Crippen molar-refractivity contribution in [3.63, 3.8) is 0 Å². The zero-order valence-corrected chi connectivity index (χ0v) is 15.3. The fourth-order valence-electron chi connectivity index (χ4n) is 2.83. The number of hydrogen-bond acceptors (Lipinski definition) is 3. The van der Waals surface area contributed by atoms with E-state index >= 15 is 0 Å². The van der Waals surface area contributed by atoms with Gasteiger partial charge in [0.25, 0.3) is 0 Å². The van der Waals surface area contributed by atoms with Gasteiger partial charge in [0.2, 0.25) is 0 Å². The molecule has 0 radical (unpaired) electrons. The molecule has 3 heteroatoms. The molecule has 1 N–H and O–H groups in total. The van der Waals surface area contributed by atoms with Crippen LogP contribution < -0.4 is 0 Å². The van der Waals surface area contributed by atoms with Crippen LogP contribution in [0.5, 0.6) is 0 Å². The molecule has 0 aromatic heterocycles. The Morgan fingerprint density at radius 2 is 1.50 bits per heavy atom. The standard InChI is InChI=1S/C21H34O3/c1-3-4-5-6-7-8-9-10-11-12-13-14-15-16-17-19-20(22)18(2)24-21(19)23/h10-11,17,20,22H,2-9,12-16H2,1H3/b11-10-,19-17-/t20-/m0/s1. The quantitative estimate of drug-likeness (QED) is 0.206. The van der Waals surface area contributed by atoms with Gasteiger partial charge in [-0.25, -0.2) is 4.79 Å². The van der Waals surface area contributed by atoms with Crippen molar-refractivity contribution in [2.75, 3.05) is 0 Å². The van der Waals surface area contributed by atoms with Crippen molar-refractivity contribution in [1.82, 2.24) is 0 Å². The molecule has 3 nitrogen and oxygen atoms in total. The maximum atomic E-state index is 11.4. The van der Waals surface area contributed by atoms with Crippen LogP contribution in [0.1, 0.15) is 84.0 Å². The summed E-state index contributed by atoms with van der Waals surface area (Å²) in [6.45, 7) is 5.76. The van der Waals surface area contributed by atoms with E-state index in [9.17, 15) is 9.90 Å². The lowest BCUT2D eigenvalue weighted by molar-refractivity contribution is -0.132. The molecular weight excluding hydrogens is 300 g/mol. The highest BCUT2D eigenvalue weighted by molar-refractivity contribution is 5.93. The Morgan fingerprint density at radius 3 is 2.08 bits per heavy atom. The van der Waals surface area contributed by atoms with E-state index in [0.29, 0.717) is 5.57 Å². The SMILES string of the molecule is C=C1OC(=O)/C(=C\CCCCC/C=C\CCCCCCCC)[C@H]1O. The Labute approximate surface area is 147 Å². The van der Waals surface area contributed by atoms with Crippen LogP contribution in [0.4, 0.5) is 0 Å². The molecule has 24 heavy (non-hydrogen) atoms. The fourth-order valence-corrected chi connectivity index (χ4v) is 2.83. The van der Waals surface area contributed by atoms with Gasteiger partial charge in [-0.15, -0.1) is 0 Å². The number of rotatable bonds is 13. The lowest BCUT2D eigenvalue weighted by atomic mass is 10.1. The first-order chi connectivity index (χ1) is 11.7. The van der Waals surface area contributed by atoms with E-state index in [1.165, 1.54) is 51.4 Å². The van der Waals surface area contributed by atoms with Gasteiger partial charge in [-0.2, -0.15) is 0 Å². The molecule has 1 heterocycles. The van der Waals surface area contributed by atoms with E-state index < -0.39 is 12.1 Å². The number of hydrogen-bond donors (Lipinski definition) is 1. The van der Waals surface area contributed by atoms with Crippen molar-refractivity contribution in [3.05, 3.63) is 36.1 Å². The predicted octanol–water partition coefficient (Wildman–Crippen LogP) is 5.60. The average molecular weight is 335 g/mol. The summed E-state index contributed by atoms with van der Waals surface area (Å²) in [4.78, 5) is 11.4. The molecular formula is C21H34O3. The summed E-state index contributed by atoms with van der Waals surface area (Å²) < 4.78 is 4.79. The predicted molar refractivity (Wildman–Crippen MR) is 99.5 cm³/mol. The first kappa shape index (κ1) is 20.7. The third kappa shape index (κ3) is 8.49. The molecule has 1 atom stereocenters. The lowest BCUT2D eigenvalue weighted by Gasteiger charge is -2.00. The van der Waals surface area contributed by atoms with Crippen molar-refractivity contribution < 1.29 is 14.6 Å². The summed E-state index contributed by atoms with van der Waals surface area (Å²) in [5.41, 5.74) is 0.346. The number of aliphatic hydroxyl groups excluding tert-OH is 1. The van der Waals surface area contributed by atoms with Gasteiger partial charge in [0, 0.05) is 0 Å². The Kier molecular flexibility index (Phi) is 11.2. The maximum absolute atomic E-state index is 11.4. The lowest BCUT2D eigenvalue weighted by Crippen LogP contribution is -2.07. The number of unbranched alkanes of at least 4 members (excludes halogenated alkanes) is 10. The molecule has 0 saturated carbocycles. The van der Waals surface area contributed by atoms with Gasteiger partial charge in [0.15, 0.2) is 0 Å². The fraction of sp³-hybridized carbons (Fsp3) is 0.667. The van der Waals surface area contributed by atoms with Crippen LogP contribution in [0.2, 0.25) is 0 Å². The normalized spacial score (nSPS) is 19.6. The molecule has 0 spiro atoms. The van der Waals surface area contributed by atoms with Gasteiger partial charge in [0.05, 0.1) is 5.57 Å². The van der Waals surface area contributed by atoms with E-state index in [1.807, 2.05) is 0 Å². The Morgan fingerprint density at radius 1 is 0.958 bits per heavy atom. The number of allylic oxidation sites excluding steroid dienone is 3. The van der Waals surface area contributed by atoms with E-state index in [0.717, 1.165) is 25.7 Å². The van der Waals surface area contributed by atoms with Crippen molar-refractivity contribution >= 4 is 5.97 Å². The smallest absolute Gasteiger partial charge is 0.341 e. The number of aliphatic hydroxyl groups is 1. The molecule has 1 rings (SSSR count). The van der Waals surface area contributed by atoms with Gasteiger partial charge >= 0.3 is 5.97 Å². The molecule has 0 amide bonds. The van der Waals surface area contributed by atoms with Crippen LogP contribution in [0, 0.1) is 0 Å². The number of cyclic esters (lactones) is 1.